The van der Waals surface area contributed by atoms with E-state index in [1.54, 1.807) is 13.8 Å². The van der Waals surface area contributed by atoms with Gasteiger partial charge in [-0.15, -0.1) is 0 Å². The van der Waals surface area contributed by atoms with Gasteiger partial charge >= 0.3 is 0 Å². The van der Waals surface area contributed by atoms with Crippen LogP contribution >= 0.6 is 0 Å². The molecule has 0 unspecified atom stereocenters. The lowest BCUT2D eigenvalue weighted by molar-refractivity contribution is -0.148. The first kappa shape index (κ1) is 12.3. The molecule has 1 rings (SSSR count). The number of aliphatic hydroxyl groups is 1. The molecule has 15 heavy (non-hydrogen) atoms. The van der Waals surface area contributed by atoms with E-state index in [1.807, 2.05) is 6.92 Å². The minimum absolute atomic E-state index is 0.136. The van der Waals surface area contributed by atoms with Crippen LogP contribution in [0, 0.1) is 0 Å². The van der Waals surface area contributed by atoms with Crippen LogP contribution in [-0.2, 0) is 9.47 Å². The number of nitrogens with zero attached hydrogens (tertiary/aromatic N) is 3. The predicted octanol–water partition coefficient (Wildman–Crippen LogP) is 1.59. The van der Waals surface area contributed by atoms with Crippen molar-refractivity contribution in [3.8, 4) is 0 Å². The third-order valence-electron chi connectivity index (χ3n) is 2.39. The molecule has 0 spiro atoms. The highest BCUT2D eigenvalue weighted by molar-refractivity contribution is 4.89. The van der Waals surface area contributed by atoms with E-state index in [4.69, 9.17) is 20.1 Å². The van der Waals surface area contributed by atoms with E-state index < -0.39 is 11.8 Å². The average molecular weight is 215 g/mol. The molecule has 0 bridgehead atoms. The maximum absolute atomic E-state index is 9.10. The predicted molar refractivity (Wildman–Crippen MR) is 54.1 cm³/mol. The number of ether oxygens (including phenoxy) is 2. The fraction of sp³-hybridized carbons (Fsp3) is 1.00. The Morgan fingerprint density at radius 2 is 2.20 bits per heavy atom. The zero-order valence-corrected chi connectivity index (χ0v) is 9.25. The SMILES string of the molecule is CC[C@H]1OC(C)(C)O[C@H]1[C@@H](CO)N=[N+]=[N-]. The summed E-state index contributed by atoms with van der Waals surface area (Å²) in [5.74, 6) is -0.677. The van der Waals surface area contributed by atoms with E-state index in [1.165, 1.54) is 0 Å². The normalized spacial score (nSPS) is 30.9. The highest BCUT2D eigenvalue weighted by Gasteiger charge is 2.43. The molecule has 1 saturated heterocycles. The Hall–Kier alpha value is -0.810. The van der Waals surface area contributed by atoms with Crippen LogP contribution in [0.4, 0.5) is 0 Å². The molecule has 0 amide bonds. The van der Waals surface area contributed by atoms with Crippen LogP contribution in [-0.4, -0.2) is 35.8 Å². The molecule has 3 atom stereocenters. The van der Waals surface area contributed by atoms with Gasteiger partial charge in [0.25, 0.3) is 0 Å². The fourth-order valence-corrected chi connectivity index (χ4v) is 1.78. The van der Waals surface area contributed by atoms with Gasteiger partial charge in [0.15, 0.2) is 5.79 Å². The summed E-state index contributed by atoms with van der Waals surface area (Å²) in [6.07, 6.45) is 0.250. The smallest absolute Gasteiger partial charge is 0.163 e. The van der Waals surface area contributed by atoms with E-state index in [0.29, 0.717) is 0 Å². The van der Waals surface area contributed by atoms with Crippen molar-refractivity contribution in [2.45, 2.75) is 51.2 Å². The minimum Gasteiger partial charge on any atom is -0.396 e. The fourth-order valence-electron chi connectivity index (χ4n) is 1.78. The van der Waals surface area contributed by atoms with Crippen LogP contribution in [0.25, 0.3) is 10.4 Å². The van der Waals surface area contributed by atoms with Gasteiger partial charge in [-0.05, 0) is 25.8 Å². The molecule has 1 aliphatic heterocycles. The summed E-state index contributed by atoms with van der Waals surface area (Å²) in [6.45, 7) is 5.35. The lowest BCUT2D eigenvalue weighted by Gasteiger charge is -2.20. The largest absolute Gasteiger partial charge is 0.396 e. The maximum Gasteiger partial charge on any atom is 0.163 e. The molecule has 1 aliphatic rings. The quantitative estimate of drug-likeness (QED) is 0.438. The van der Waals surface area contributed by atoms with Gasteiger partial charge in [-0.3, -0.25) is 0 Å². The summed E-state index contributed by atoms with van der Waals surface area (Å²) in [5.41, 5.74) is 8.37. The topological polar surface area (TPSA) is 87.5 Å². The Morgan fingerprint density at radius 1 is 1.53 bits per heavy atom. The van der Waals surface area contributed by atoms with Crippen LogP contribution in [0.1, 0.15) is 27.2 Å². The molecule has 1 fully saturated rings. The van der Waals surface area contributed by atoms with Crippen LogP contribution in [0.5, 0.6) is 0 Å². The Morgan fingerprint density at radius 3 is 2.67 bits per heavy atom. The first-order valence-corrected chi connectivity index (χ1v) is 5.04. The van der Waals surface area contributed by atoms with Crippen molar-refractivity contribution in [1.82, 2.24) is 0 Å². The van der Waals surface area contributed by atoms with Crippen molar-refractivity contribution in [2.75, 3.05) is 6.61 Å². The van der Waals surface area contributed by atoms with Gasteiger partial charge in [0.05, 0.1) is 24.9 Å². The number of hydrogen-bond acceptors (Lipinski definition) is 4. The summed E-state index contributed by atoms with van der Waals surface area (Å²) in [6, 6.07) is -0.582. The lowest BCUT2D eigenvalue weighted by Crippen LogP contribution is -2.36. The van der Waals surface area contributed by atoms with Gasteiger partial charge in [-0.1, -0.05) is 12.0 Å². The highest BCUT2D eigenvalue weighted by Crippen LogP contribution is 2.32. The second-order valence-corrected chi connectivity index (χ2v) is 4.00. The second kappa shape index (κ2) is 4.81. The Kier molecular flexibility index (Phi) is 3.93. The van der Waals surface area contributed by atoms with Gasteiger partial charge in [0.2, 0.25) is 0 Å². The number of azide groups is 1. The van der Waals surface area contributed by atoms with Gasteiger partial charge in [-0.25, -0.2) is 0 Å². The van der Waals surface area contributed by atoms with Gasteiger partial charge in [0.1, 0.15) is 0 Å². The molecule has 6 heteroatoms. The Bertz CT molecular complexity index is 263. The molecule has 0 aromatic rings. The lowest BCUT2D eigenvalue weighted by atomic mass is 10.1. The molecule has 6 nitrogen and oxygen atoms in total. The van der Waals surface area contributed by atoms with Crippen molar-refractivity contribution >= 4 is 0 Å². The summed E-state index contributed by atoms with van der Waals surface area (Å²) in [7, 11) is 0. The van der Waals surface area contributed by atoms with Crippen molar-refractivity contribution < 1.29 is 14.6 Å². The van der Waals surface area contributed by atoms with Crippen molar-refractivity contribution in [3.63, 3.8) is 0 Å². The minimum atomic E-state index is -0.677. The monoisotopic (exact) mass is 215 g/mol. The van der Waals surface area contributed by atoms with Crippen molar-refractivity contribution in [2.24, 2.45) is 5.11 Å². The van der Waals surface area contributed by atoms with Crippen molar-refractivity contribution in [1.29, 1.82) is 0 Å². The van der Waals surface area contributed by atoms with E-state index >= 15 is 0 Å². The first-order valence-electron chi connectivity index (χ1n) is 5.04. The second-order valence-electron chi connectivity index (χ2n) is 4.00. The third-order valence-corrected chi connectivity index (χ3v) is 2.39. The zero-order chi connectivity index (χ0) is 11.5. The summed E-state index contributed by atoms with van der Waals surface area (Å²) < 4.78 is 11.2. The third kappa shape index (κ3) is 2.82. The number of rotatable bonds is 4. The highest BCUT2D eigenvalue weighted by atomic mass is 16.8. The molecule has 0 saturated carbocycles. The van der Waals surface area contributed by atoms with Gasteiger partial charge < -0.3 is 14.6 Å². The summed E-state index contributed by atoms with van der Waals surface area (Å²) in [5, 5.41) is 12.6. The van der Waals surface area contributed by atoms with E-state index in [-0.39, 0.29) is 18.8 Å². The van der Waals surface area contributed by atoms with Crippen LogP contribution in [0.2, 0.25) is 0 Å². The van der Waals surface area contributed by atoms with Gasteiger partial charge in [0, 0.05) is 4.91 Å². The number of hydrogen-bond donors (Lipinski definition) is 1. The Balaban J connectivity index is 2.78. The number of aliphatic hydroxyl groups excluding tert-OH is 1. The molecule has 0 aromatic heterocycles. The van der Waals surface area contributed by atoms with Crippen LogP contribution < -0.4 is 0 Å². The standard InChI is InChI=1S/C9H17N3O3/c1-4-7-8(6(5-13)11-12-10)15-9(2,3)14-7/h6-8,13H,4-5H2,1-3H3/t6-,7-,8+/m1/s1. The Labute approximate surface area is 88.8 Å². The maximum atomic E-state index is 9.10. The summed E-state index contributed by atoms with van der Waals surface area (Å²) in [4.78, 5) is 2.70. The molecular formula is C9H17N3O3. The van der Waals surface area contributed by atoms with Crippen molar-refractivity contribution in [3.05, 3.63) is 10.4 Å². The van der Waals surface area contributed by atoms with E-state index in [0.717, 1.165) is 6.42 Å². The zero-order valence-electron chi connectivity index (χ0n) is 9.25. The molecule has 0 aromatic carbocycles. The van der Waals surface area contributed by atoms with Crippen LogP contribution in [0.15, 0.2) is 5.11 Å². The molecule has 1 N–H and O–H groups in total. The first-order chi connectivity index (χ1) is 7.04. The molecule has 1 heterocycles. The molecule has 86 valence electrons. The average Bonchev–Trinajstić information content (AvgIpc) is 2.50. The molecule has 0 radical (unpaired) electrons. The molecule has 0 aliphatic carbocycles. The summed E-state index contributed by atoms with van der Waals surface area (Å²) >= 11 is 0. The van der Waals surface area contributed by atoms with E-state index in [2.05, 4.69) is 10.0 Å². The van der Waals surface area contributed by atoms with Gasteiger partial charge in [-0.2, -0.15) is 0 Å². The van der Waals surface area contributed by atoms with Crippen LogP contribution in [0.3, 0.4) is 0 Å². The molecular weight excluding hydrogens is 198 g/mol. The van der Waals surface area contributed by atoms with E-state index in [9.17, 15) is 0 Å².